The molecule has 0 N–H and O–H groups in total. The lowest BCUT2D eigenvalue weighted by Crippen LogP contribution is -2.28. The van der Waals surface area contributed by atoms with E-state index in [4.69, 9.17) is 4.74 Å². The number of methoxy groups -OCH3 is 1. The number of thiophene rings is 1. The van der Waals surface area contributed by atoms with Crippen LogP contribution in [-0.4, -0.2) is 31.6 Å². The molecule has 0 aliphatic heterocycles. The molecular weight excluding hydrogens is 278 g/mol. The van der Waals surface area contributed by atoms with Crippen LogP contribution in [0.15, 0.2) is 41.8 Å². The number of hydrogen-bond acceptors (Lipinski definition) is 3. The maximum atomic E-state index is 5.57. The minimum atomic E-state index is 0.405. The van der Waals surface area contributed by atoms with E-state index in [0.29, 0.717) is 12.0 Å². The summed E-state index contributed by atoms with van der Waals surface area (Å²) < 4.78 is 5.57. The van der Waals surface area contributed by atoms with E-state index in [2.05, 4.69) is 61.5 Å². The summed E-state index contributed by atoms with van der Waals surface area (Å²) in [6.45, 7) is 5.56. The van der Waals surface area contributed by atoms with Gasteiger partial charge in [0.25, 0.3) is 0 Å². The zero-order valence-corrected chi connectivity index (χ0v) is 14.2. The van der Waals surface area contributed by atoms with Gasteiger partial charge in [-0.15, -0.1) is 11.3 Å². The van der Waals surface area contributed by atoms with Gasteiger partial charge in [-0.25, -0.2) is 0 Å². The predicted octanol–water partition coefficient (Wildman–Crippen LogP) is 4.62. The molecule has 0 bridgehead atoms. The van der Waals surface area contributed by atoms with Crippen molar-refractivity contribution in [3.63, 3.8) is 0 Å². The maximum absolute atomic E-state index is 5.57. The van der Waals surface area contributed by atoms with Crippen LogP contribution >= 0.6 is 11.3 Å². The van der Waals surface area contributed by atoms with E-state index in [1.54, 1.807) is 7.11 Å². The molecule has 2 nitrogen and oxygen atoms in total. The highest BCUT2D eigenvalue weighted by Crippen LogP contribution is 2.36. The van der Waals surface area contributed by atoms with Crippen LogP contribution in [0.3, 0.4) is 0 Å². The Morgan fingerprint density at radius 3 is 2.52 bits per heavy atom. The molecule has 114 valence electrons. The Balaban J connectivity index is 2.25. The van der Waals surface area contributed by atoms with Crippen molar-refractivity contribution in [3.05, 3.63) is 52.2 Å². The number of nitrogens with zero attached hydrogens (tertiary/aromatic N) is 1. The Morgan fingerprint density at radius 1 is 1.14 bits per heavy atom. The van der Waals surface area contributed by atoms with Crippen LogP contribution in [0.2, 0.25) is 0 Å². The summed E-state index contributed by atoms with van der Waals surface area (Å²) in [6.07, 6.45) is 1.11. The SMILES string of the molecule is COc1ccccc1C(CCN(C)C(C)C)c1cccs1. The van der Waals surface area contributed by atoms with Crippen LogP contribution in [-0.2, 0) is 0 Å². The molecule has 1 unspecified atom stereocenters. The minimum Gasteiger partial charge on any atom is -0.496 e. The summed E-state index contributed by atoms with van der Waals surface area (Å²) in [5, 5.41) is 2.16. The van der Waals surface area contributed by atoms with Crippen LogP contribution in [0.4, 0.5) is 0 Å². The molecule has 21 heavy (non-hydrogen) atoms. The van der Waals surface area contributed by atoms with Gasteiger partial charge in [-0.2, -0.15) is 0 Å². The number of benzene rings is 1. The lowest BCUT2D eigenvalue weighted by atomic mass is 9.93. The Labute approximate surface area is 132 Å². The quantitative estimate of drug-likeness (QED) is 0.740. The first-order valence-corrected chi connectivity index (χ1v) is 8.38. The first kappa shape index (κ1) is 16.1. The highest BCUT2D eigenvalue weighted by molar-refractivity contribution is 7.10. The molecule has 0 spiro atoms. The molecule has 1 atom stereocenters. The van der Waals surface area contributed by atoms with Gasteiger partial charge in [-0.3, -0.25) is 0 Å². The average Bonchev–Trinajstić information content (AvgIpc) is 3.01. The largest absolute Gasteiger partial charge is 0.496 e. The molecule has 2 rings (SSSR count). The molecule has 0 fully saturated rings. The van der Waals surface area contributed by atoms with Crippen LogP contribution < -0.4 is 4.74 Å². The molecule has 0 aliphatic rings. The molecule has 0 radical (unpaired) electrons. The second-order valence-corrected chi connectivity index (χ2v) is 6.65. The maximum Gasteiger partial charge on any atom is 0.122 e. The van der Waals surface area contributed by atoms with Gasteiger partial charge in [0.1, 0.15) is 5.75 Å². The van der Waals surface area contributed by atoms with E-state index in [1.165, 1.54) is 10.4 Å². The second-order valence-electron chi connectivity index (χ2n) is 5.67. The molecule has 0 amide bonds. The van der Waals surface area contributed by atoms with E-state index in [1.807, 2.05) is 17.4 Å². The van der Waals surface area contributed by atoms with Gasteiger partial charge in [0, 0.05) is 22.4 Å². The van der Waals surface area contributed by atoms with Crippen molar-refractivity contribution in [1.29, 1.82) is 0 Å². The predicted molar refractivity (Wildman–Crippen MR) is 91.5 cm³/mol. The van der Waals surface area contributed by atoms with Gasteiger partial charge in [0.15, 0.2) is 0 Å². The standard InChI is InChI=1S/C18H25NOS/c1-14(2)19(3)12-11-16(18-10-7-13-21-18)15-8-5-6-9-17(15)20-4/h5-10,13-14,16H,11-12H2,1-4H3. The van der Waals surface area contributed by atoms with Crippen molar-refractivity contribution in [2.24, 2.45) is 0 Å². The van der Waals surface area contributed by atoms with Crippen LogP contribution in [0, 0.1) is 0 Å². The third kappa shape index (κ3) is 4.08. The van der Waals surface area contributed by atoms with Crippen molar-refractivity contribution >= 4 is 11.3 Å². The van der Waals surface area contributed by atoms with E-state index in [0.717, 1.165) is 18.7 Å². The Morgan fingerprint density at radius 2 is 1.90 bits per heavy atom. The van der Waals surface area contributed by atoms with E-state index in [9.17, 15) is 0 Å². The summed E-state index contributed by atoms with van der Waals surface area (Å²) in [4.78, 5) is 3.81. The number of ether oxygens (including phenoxy) is 1. The minimum absolute atomic E-state index is 0.405. The van der Waals surface area contributed by atoms with Crippen molar-refractivity contribution in [2.75, 3.05) is 20.7 Å². The first-order valence-electron chi connectivity index (χ1n) is 7.50. The van der Waals surface area contributed by atoms with Gasteiger partial charge < -0.3 is 9.64 Å². The van der Waals surface area contributed by atoms with Gasteiger partial charge >= 0.3 is 0 Å². The number of rotatable bonds is 7. The molecule has 2 aromatic rings. The normalized spacial score (nSPS) is 12.9. The van der Waals surface area contributed by atoms with Gasteiger partial charge in [0.2, 0.25) is 0 Å². The Bertz CT molecular complexity index is 536. The van der Waals surface area contributed by atoms with Crippen LogP contribution in [0.5, 0.6) is 5.75 Å². The van der Waals surface area contributed by atoms with E-state index >= 15 is 0 Å². The molecule has 1 heterocycles. The summed E-state index contributed by atoms with van der Waals surface area (Å²) in [6, 6.07) is 13.3. The van der Waals surface area contributed by atoms with E-state index < -0.39 is 0 Å². The second kappa shape index (κ2) is 7.62. The number of para-hydroxylation sites is 1. The van der Waals surface area contributed by atoms with Gasteiger partial charge in [0.05, 0.1) is 7.11 Å². The zero-order chi connectivity index (χ0) is 15.2. The molecule has 0 saturated heterocycles. The third-order valence-electron chi connectivity index (χ3n) is 4.05. The van der Waals surface area contributed by atoms with Gasteiger partial charge in [-0.1, -0.05) is 24.3 Å². The first-order chi connectivity index (χ1) is 10.1. The fraction of sp³-hybridized carbons (Fsp3) is 0.444. The average molecular weight is 303 g/mol. The zero-order valence-electron chi connectivity index (χ0n) is 13.4. The van der Waals surface area contributed by atoms with Crippen molar-refractivity contribution < 1.29 is 4.74 Å². The van der Waals surface area contributed by atoms with Crippen LogP contribution in [0.1, 0.15) is 36.6 Å². The fourth-order valence-electron chi connectivity index (χ4n) is 2.49. The van der Waals surface area contributed by atoms with Gasteiger partial charge in [-0.05, 0) is 51.4 Å². The molecule has 3 heteroatoms. The molecule has 0 saturated carbocycles. The monoisotopic (exact) mass is 303 g/mol. The Hall–Kier alpha value is -1.32. The molecular formula is C18H25NOS. The highest BCUT2D eigenvalue weighted by Gasteiger charge is 2.20. The van der Waals surface area contributed by atoms with Crippen molar-refractivity contribution in [2.45, 2.75) is 32.2 Å². The van der Waals surface area contributed by atoms with E-state index in [-0.39, 0.29) is 0 Å². The topological polar surface area (TPSA) is 12.5 Å². The Kier molecular flexibility index (Phi) is 5.83. The lowest BCUT2D eigenvalue weighted by Gasteiger charge is -2.25. The summed E-state index contributed by atoms with van der Waals surface area (Å²) in [5.74, 6) is 1.39. The molecule has 1 aromatic carbocycles. The van der Waals surface area contributed by atoms with Crippen molar-refractivity contribution in [3.8, 4) is 5.75 Å². The highest BCUT2D eigenvalue weighted by atomic mass is 32.1. The third-order valence-corrected chi connectivity index (χ3v) is 5.04. The lowest BCUT2D eigenvalue weighted by molar-refractivity contribution is 0.266. The van der Waals surface area contributed by atoms with Crippen molar-refractivity contribution in [1.82, 2.24) is 4.90 Å². The summed E-state index contributed by atoms with van der Waals surface area (Å²) >= 11 is 1.83. The summed E-state index contributed by atoms with van der Waals surface area (Å²) in [7, 11) is 3.95. The summed E-state index contributed by atoms with van der Waals surface area (Å²) in [5.41, 5.74) is 1.29. The number of hydrogen-bond donors (Lipinski definition) is 0. The molecule has 1 aromatic heterocycles. The smallest absolute Gasteiger partial charge is 0.122 e. The van der Waals surface area contributed by atoms with Crippen LogP contribution in [0.25, 0.3) is 0 Å². The molecule has 0 aliphatic carbocycles. The fourth-order valence-corrected chi connectivity index (χ4v) is 3.37.